The Kier molecular flexibility index (Phi) is 3.68. The van der Waals surface area contributed by atoms with Crippen molar-refractivity contribution in [3.63, 3.8) is 0 Å². The van der Waals surface area contributed by atoms with Crippen molar-refractivity contribution < 1.29 is 9.84 Å². The van der Waals surface area contributed by atoms with Crippen molar-refractivity contribution >= 4 is 0 Å². The molecule has 0 heterocycles. The lowest BCUT2D eigenvalue weighted by atomic mass is 10.1. The van der Waals surface area contributed by atoms with Crippen LogP contribution in [0.5, 0.6) is 11.5 Å². The van der Waals surface area contributed by atoms with Gasteiger partial charge < -0.3 is 9.84 Å². The van der Waals surface area contributed by atoms with Crippen molar-refractivity contribution in [2.75, 3.05) is 0 Å². The van der Waals surface area contributed by atoms with Crippen LogP contribution in [0.4, 0.5) is 0 Å². The average Bonchev–Trinajstić information content (AvgIpc) is 2.37. The third-order valence-electron chi connectivity index (χ3n) is 3.16. The summed E-state index contributed by atoms with van der Waals surface area (Å²) >= 11 is 0. The Morgan fingerprint density at radius 1 is 1.00 bits per heavy atom. The monoisotopic (exact) mass is 242 g/mol. The van der Waals surface area contributed by atoms with Crippen molar-refractivity contribution in [2.24, 2.45) is 0 Å². The molecule has 0 aliphatic heterocycles. The zero-order chi connectivity index (χ0) is 13.1. The van der Waals surface area contributed by atoms with Crippen LogP contribution in [-0.2, 0) is 6.61 Å². The number of ether oxygens (including phenoxy) is 1. The first kappa shape index (κ1) is 12.7. The molecule has 2 heteroatoms. The van der Waals surface area contributed by atoms with Crippen LogP contribution in [0, 0.1) is 20.8 Å². The van der Waals surface area contributed by atoms with E-state index in [1.807, 2.05) is 44.2 Å². The van der Waals surface area contributed by atoms with Crippen LogP contribution in [0.25, 0.3) is 0 Å². The Morgan fingerprint density at radius 2 is 1.78 bits per heavy atom. The number of rotatable bonds is 3. The van der Waals surface area contributed by atoms with Crippen molar-refractivity contribution in [3.05, 3.63) is 58.7 Å². The van der Waals surface area contributed by atoms with E-state index in [9.17, 15) is 5.11 Å². The van der Waals surface area contributed by atoms with Crippen LogP contribution in [0.15, 0.2) is 36.4 Å². The minimum Gasteiger partial charge on any atom is -0.457 e. The van der Waals surface area contributed by atoms with Crippen LogP contribution in [0.3, 0.4) is 0 Å². The minimum atomic E-state index is -0.0120. The third-order valence-corrected chi connectivity index (χ3v) is 3.16. The van der Waals surface area contributed by atoms with Gasteiger partial charge in [0.05, 0.1) is 6.61 Å². The molecule has 2 aromatic carbocycles. The van der Waals surface area contributed by atoms with E-state index in [0.29, 0.717) is 0 Å². The quantitative estimate of drug-likeness (QED) is 0.884. The first-order chi connectivity index (χ1) is 8.61. The predicted octanol–water partition coefficient (Wildman–Crippen LogP) is 3.90. The molecule has 0 radical (unpaired) electrons. The number of aliphatic hydroxyl groups is 1. The summed E-state index contributed by atoms with van der Waals surface area (Å²) in [6, 6.07) is 11.8. The fourth-order valence-corrected chi connectivity index (χ4v) is 1.88. The first-order valence-corrected chi connectivity index (χ1v) is 6.06. The van der Waals surface area contributed by atoms with Crippen LogP contribution in [0.1, 0.15) is 22.3 Å². The van der Waals surface area contributed by atoms with Gasteiger partial charge >= 0.3 is 0 Å². The second kappa shape index (κ2) is 5.23. The van der Waals surface area contributed by atoms with E-state index < -0.39 is 0 Å². The van der Waals surface area contributed by atoms with Crippen molar-refractivity contribution in [2.45, 2.75) is 27.4 Å². The molecule has 1 N–H and O–H groups in total. The summed E-state index contributed by atoms with van der Waals surface area (Å²) < 4.78 is 5.91. The number of hydrogen-bond donors (Lipinski definition) is 1. The molecule has 0 bridgehead atoms. The summed E-state index contributed by atoms with van der Waals surface area (Å²) in [6.45, 7) is 6.09. The smallest absolute Gasteiger partial charge is 0.132 e. The van der Waals surface area contributed by atoms with Gasteiger partial charge in [-0.3, -0.25) is 0 Å². The molecule has 0 amide bonds. The molecule has 0 unspecified atom stereocenters. The van der Waals surface area contributed by atoms with Gasteiger partial charge in [0.15, 0.2) is 0 Å². The largest absolute Gasteiger partial charge is 0.457 e. The SMILES string of the molecule is Cc1ccc(Oc2cccc(C)c2C)c(CO)c1. The molecular formula is C16H18O2. The standard InChI is InChI=1S/C16H18O2/c1-11-7-8-16(14(9-11)10-17)18-15-6-4-5-12(2)13(15)3/h4-9,17H,10H2,1-3H3. The Morgan fingerprint density at radius 3 is 2.50 bits per heavy atom. The molecule has 0 aliphatic rings. The number of benzene rings is 2. The maximum absolute atomic E-state index is 9.36. The van der Waals surface area contributed by atoms with Crippen molar-refractivity contribution in [1.29, 1.82) is 0 Å². The molecule has 0 aliphatic carbocycles. The van der Waals surface area contributed by atoms with E-state index in [-0.39, 0.29) is 6.61 Å². The summed E-state index contributed by atoms with van der Waals surface area (Å²) in [4.78, 5) is 0. The maximum Gasteiger partial charge on any atom is 0.132 e. The molecule has 0 aromatic heterocycles. The summed E-state index contributed by atoms with van der Waals surface area (Å²) in [7, 11) is 0. The summed E-state index contributed by atoms with van der Waals surface area (Å²) in [5.41, 5.74) is 4.26. The van der Waals surface area contributed by atoms with Crippen molar-refractivity contribution in [1.82, 2.24) is 0 Å². The molecule has 2 rings (SSSR count). The molecule has 94 valence electrons. The van der Waals surface area contributed by atoms with E-state index in [1.54, 1.807) is 0 Å². The first-order valence-electron chi connectivity index (χ1n) is 6.06. The second-order valence-electron chi connectivity index (χ2n) is 4.57. The van der Waals surface area contributed by atoms with Crippen LogP contribution < -0.4 is 4.74 Å². The highest BCUT2D eigenvalue weighted by atomic mass is 16.5. The highest BCUT2D eigenvalue weighted by Crippen LogP contribution is 2.29. The number of hydrogen-bond acceptors (Lipinski definition) is 2. The van der Waals surface area contributed by atoms with Crippen LogP contribution in [-0.4, -0.2) is 5.11 Å². The molecule has 2 nitrogen and oxygen atoms in total. The topological polar surface area (TPSA) is 29.5 Å². The van der Waals surface area contributed by atoms with Gasteiger partial charge in [-0.25, -0.2) is 0 Å². The molecular weight excluding hydrogens is 224 g/mol. The Bertz CT molecular complexity index is 559. The highest BCUT2D eigenvalue weighted by molar-refractivity contribution is 5.44. The van der Waals surface area contributed by atoms with Gasteiger partial charge in [0.25, 0.3) is 0 Å². The fraction of sp³-hybridized carbons (Fsp3) is 0.250. The van der Waals surface area contributed by atoms with Gasteiger partial charge in [0.1, 0.15) is 11.5 Å². The molecule has 2 aromatic rings. The minimum absolute atomic E-state index is 0.0120. The molecule has 0 fully saturated rings. The Hall–Kier alpha value is -1.80. The Labute approximate surface area is 108 Å². The molecule has 0 atom stereocenters. The van der Waals surface area contributed by atoms with Gasteiger partial charge in [-0.2, -0.15) is 0 Å². The molecule has 0 spiro atoms. The van der Waals surface area contributed by atoms with Gasteiger partial charge in [0, 0.05) is 5.56 Å². The lowest BCUT2D eigenvalue weighted by Crippen LogP contribution is -1.95. The number of aliphatic hydroxyl groups excluding tert-OH is 1. The summed E-state index contributed by atoms with van der Waals surface area (Å²) in [5.74, 6) is 1.56. The zero-order valence-electron chi connectivity index (χ0n) is 11.0. The predicted molar refractivity (Wildman–Crippen MR) is 73.1 cm³/mol. The number of aryl methyl sites for hydroxylation is 2. The summed E-state index contributed by atoms with van der Waals surface area (Å²) in [5, 5.41) is 9.36. The third kappa shape index (κ3) is 2.54. The van der Waals surface area contributed by atoms with E-state index in [2.05, 4.69) is 13.0 Å². The normalized spacial score (nSPS) is 10.4. The molecule has 18 heavy (non-hydrogen) atoms. The molecule has 0 saturated carbocycles. The van der Waals surface area contributed by atoms with E-state index in [4.69, 9.17) is 4.74 Å². The van der Waals surface area contributed by atoms with E-state index in [0.717, 1.165) is 28.2 Å². The lowest BCUT2D eigenvalue weighted by molar-refractivity contribution is 0.276. The van der Waals surface area contributed by atoms with Crippen LogP contribution in [0.2, 0.25) is 0 Å². The van der Waals surface area contributed by atoms with Gasteiger partial charge in [-0.05, 0) is 44.0 Å². The summed E-state index contributed by atoms with van der Waals surface area (Å²) in [6.07, 6.45) is 0. The molecule has 0 saturated heterocycles. The van der Waals surface area contributed by atoms with Gasteiger partial charge in [-0.15, -0.1) is 0 Å². The fourth-order valence-electron chi connectivity index (χ4n) is 1.88. The maximum atomic E-state index is 9.36. The Balaban J connectivity index is 2.37. The second-order valence-corrected chi connectivity index (χ2v) is 4.57. The average molecular weight is 242 g/mol. The van der Waals surface area contributed by atoms with Gasteiger partial charge in [0.2, 0.25) is 0 Å². The highest BCUT2D eigenvalue weighted by Gasteiger charge is 2.07. The van der Waals surface area contributed by atoms with Crippen LogP contribution >= 0.6 is 0 Å². The van der Waals surface area contributed by atoms with Gasteiger partial charge in [-0.1, -0.05) is 29.8 Å². The van der Waals surface area contributed by atoms with E-state index in [1.165, 1.54) is 5.56 Å². The zero-order valence-corrected chi connectivity index (χ0v) is 11.0. The van der Waals surface area contributed by atoms with Crippen molar-refractivity contribution in [3.8, 4) is 11.5 Å². The van der Waals surface area contributed by atoms with E-state index >= 15 is 0 Å². The lowest BCUT2D eigenvalue weighted by Gasteiger charge is -2.13.